The van der Waals surface area contributed by atoms with Gasteiger partial charge in [0, 0.05) is 5.56 Å². The SMILES string of the molecule is CNCC(=O)c1cc(F)c(C)c(C(=O)O)c1. The van der Waals surface area contributed by atoms with E-state index in [1.807, 2.05) is 0 Å². The Labute approximate surface area is 92.1 Å². The number of hydrogen-bond acceptors (Lipinski definition) is 3. The number of halogens is 1. The van der Waals surface area contributed by atoms with E-state index in [1.54, 1.807) is 7.05 Å². The van der Waals surface area contributed by atoms with Gasteiger partial charge in [0.05, 0.1) is 12.1 Å². The number of carbonyl (C=O) groups excluding carboxylic acids is 1. The highest BCUT2D eigenvalue weighted by Gasteiger charge is 2.15. The molecule has 0 radical (unpaired) electrons. The van der Waals surface area contributed by atoms with E-state index < -0.39 is 11.8 Å². The Kier molecular flexibility index (Phi) is 3.73. The van der Waals surface area contributed by atoms with Crippen molar-refractivity contribution in [2.24, 2.45) is 0 Å². The summed E-state index contributed by atoms with van der Waals surface area (Å²) in [6, 6.07) is 2.25. The molecule has 0 aliphatic rings. The average molecular weight is 225 g/mol. The third-order valence-corrected chi connectivity index (χ3v) is 2.23. The first kappa shape index (κ1) is 12.3. The molecule has 5 heteroatoms. The van der Waals surface area contributed by atoms with Gasteiger partial charge in [-0.05, 0) is 31.7 Å². The number of ketones is 1. The van der Waals surface area contributed by atoms with Crippen LogP contribution in [0.1, 0.15) is 26.3 Å². The Morgan fingerprint density at radius 3 is 2.56 bits per heavy atom. The summed E-state index contributed by atoms with van der Waals surface area (Å²) >= 11 is 0. The van der Waals surface area contributed by atoms with Crippen molar-refractivity contribution < 1.29 is 19.1 Å². The summed E-state index contributed by atoms with van der Waals surface area (Å²) in [5, 5.41) is 11.5. The standard InChI is InChI=1S/C11H12FNO3/c1-6-8(11(15)16)3-7(4-9(6)12)10(14)5-13-2/h3-4,13H,5H2,1-2H3,(H,15,16). The van der Waals surface area contributed by atoms with E-state index in [9.17, 15) is 14.0 Å². The van der Waals surface area contributed by atoms with E-state index in [-0.39, 0.29) is 29.0 Å². The van der Waals surface area contributed by atoms with Gasteiger partial charge < -0.3 is 10.4 Å². The minimum atomic E-state index is -1.24. The van der Waals surface area contributed by atoms with Crippen molar-refractivity contribution in [3.8, 4) is 0 Å². The highest BCUT2D eigenvalue weighted by molar-refractivity contribution is 6.00. The third kappa shape index (κ3) is 2.43. The number of Topliss-reactive ketones (excluding diaryl/α,β-unsaturated/α-hetero) is 1. The zero-order chi connectivity index (χ0) is 12.3. The lowest BCUT2D eigenvalue weighted by Crippen LogP contribution is -2.19. The molecule has 2 N–H and O–H groups in total. The number of rotatable bonds is 4. The maximum absolute atomic E-state index is 13.4. The third-order valence-electron chi connectivity index (χ3n) is 2.23. The molecular weight excluding hydrogens is 213 g/mol. The van der Waals surface area contributed by atoms with E-state index in [0.717, 1.165) is 6.07 Å². The Morgan fingerprint density at radius 1 is 1.44 bits per heavy atom. The summed E-state index contributed by atoms with van der Waals surface area (Å²) in [5.41, 5.74) is -0.0807. The van der Waals surface area contributed by atoms with Crippen LogP contribution in [0.4, 0.5) is 4.39 Å². The lowest BCUT2D eigenvalue weighted by atomic mass is 10.0. The zero-order valence-electron chi connectivity index (χ0n) is 9.00. The molecule has 0 fully saturated rings. The fourth-order valence-corrected chi connectivity index (χ4v) is 1.32. The molecule has 1 rings (SSSR count). The first-order valence-electron chi connectivity index (χ1n) is 4.68. The molecule has 1 aromatic rings. The van der Waals surface area contributed by atoms with Crippen LogP contribution in [0, 0.1) is 12.7 Å². The Morgan fingerprint density at radius 2 is 2.06 bits per heavy atom. The summed E-state index contributed by atoms with van der Waals surface area (Å²) in [6.07, 6.45) is 0. The predicted octanol–water partition coefficient (Wildman–Crippen LogP) is 1.23. The first-order chi connectivity index (χ1) is 7.47. The van der Waals surface area contributed by atoms with Crippen molar-refractivity contribution in [1.82, 2.24) is 5.32 Å². The largest absolute Gasteiger partial charge is 0.478 e. The lowest BCUT2D eigenvalue weighted by molar-refractivity contribution is 0.0695. The second kappa shape index (κ2) is 4.85. The molecule has 0 unspecified atom stereocenters. The first-order valence-corrected chi connectivity index (χ1v) is 4.68. The fourth-order valence-electron chi connectivity index (χ4n) is 1.32. The van der Waals surface area contributed by atoms with Crippen molar-refractivity contribution in [3.05, 3.63) is 34.6 Å². The number of likely N-dealkylation sites (N-methyl/N-ethyl adjacent to an activating group) is 1. The van der Waals surface area contributed by atoms with E-state index in [0.29, 0.717) is 0 Å². The molecule has 0 aromatic heterocycles. The molecule has 4 nitrogen and oxygen atoms in total. The molecule has 0 saturated carbocycles. The highest BCUT2D eigenvalue weighted by atomic mass is 19.1. The van der Waals surface area contributed by atoms with E-state index >= 15 is 0 Å². The van der Waals surface area contributed by atoms with Crippen LogP contribution >= 0.6 is 0 Å². The summed E-state index contributed by atoms with van der Waals surface area (Å²) in [6.45, 7) is 1.41. The van der Waals surface area contributed by atoms with Crippen LogP contribution < -0.4 is 5.32 Å². The number of aromatic carboxylic acids is 1. The molecule has 16 heavy (non-hydrogen) atoms. The predicted molar refractivity (Wildman–Crippen MR) is 56.4 cm³/mol. The molecule has 0 aliphatic heterocycles. The second-order valence-corrected chi connectivity index (χ2v) is 3.39. The lowest BCUT2D eigenvalue weighted by Gasteiger charge is -2.06. The van der Waals surface area contributed by atoms with Crippen LogP contribution in [-0.4, -0.2) is 30.5 Å². The molecule has 0 bridgehead atoms. The van der Waals surface area contributed by atoms with Gasteiger partial charge in [-0.2, -0.15) is 0 Å². The van der Waals surface area contributed by atoms with E-state index in [2.05, 4.69) is 5.32 Å². The summed E-state index contributed by atoms with van der Waals surface area (Å²) in [5.74, 6) is -2.27. The molecule has 0 heterocycles. The van der Waals surface area contributed by atoms with Crippen molar-refractivity contribution in [2.45, 2.75) is 6.92 Å². The number of nitrogens with one attached hydrogen (secondary N) is 1. The summed E-state index contributed by atoms with van der Waals surface area (Å²) in [7, 11) is 1.58. The minimum Gasteiger partial charge on any atom is -0.478 e. The molecule has 0 atom stereocenters. The van der Waals surface area contributed by atoms with Crippen LogP contribution in [0.2, 0.25) is 0 Å². The quantitative estimate of drug-likeness (QED) is 0.756. The normalized spacial score (nSPS) is 10.2. The van der Waals surface area contributed by atoms with Crippen LogP contribution in [0.5, 0.6) is 0 Å². The average Bonchev–Trinajstić information content (AvgIpc) is 2.21. The van der Waals surface area contributed by atoms with Gasteiger partial charge in [-0.25, -0.2) is 9.18 Å². The fraction of sp³-hybridized carbons (Fsp3) is 0.273. The van der Waals surface area contributed by atoms with Crippen LogP contribution in [0.25, 0.3) is 0 Å². The maximum Gasteiger partial charge on any atom is 0.336 e. The second-order valence-electron chi connectivity index (χ2n) is 3.39. The van der Waals surface area contributed by atoms with Gasteiger partial charge in [-0.15, -0.1) is 0 Å². The molecule has 0 saturated heterocycles. The maximum atomic E-state index is 13.4. The number of carboxylic acid groups (broad SMARTS) is 1. The van der Waals surface area contributed by atoms with Gasteiger partial charge in [0.1, 0.15) is 5.82 Å². The topological polar surface area (TPSA) is 66.4 Å². The van der Waals surface area contributed by atoms with Crippen LogP contribution in [0.15, 0.2) is 12.1 Å². The Bertz CT molecular complexity index is 443. The molecule has 86 valence electrons. The van der Waals surface area contributed by atoms with Gasteiger partial charge in [-0.3, -0.25) is 4.79 Å². The summed E-state index contributed by atoms with van der Waals surface area (Å²) in [4.78, 5) is 22.3. The monoisotopic (exact) mass is 225 g/mol. The van der Waals surface area contributed by atoms with Gasteiger partial charge in [0.25, 0.3) is 0 Å². The van der Waals surface area contributed by atoms with E-state index in [4.69, 9.17) is 5.11 Å². The van der Waals surface area contributed by atoms with Gasteiger partial charge in [0.2, 0.25) is 0 Å². The molecule has 0 spiro atoms. The summed E-state index contributed by atoms with van der Waals surface area (Å²) < 4.78 is 13.4. The van der Waals surface area contributed by atoms with Crippen molar-refractivity contribution in [2.75, 3.05) is 13.6 Å². The highest BCUT2D eigenvalue weighted by Crippen LogP contribution is 2.16. The van der Waals surface area contributed by atoms with Crippen LogP contribution in [0.3, 0.4) is 0 Å². The van der Waals surface area contributed by atoms with E-state index in [1.165, 1.54) is 13.0 Å². The molecule has 0 amide bonds. The molecular formula is C11H12FNO3. The van der Waals surface area contributed by atoms with Gasteiger partial charge in [0.15, 0.2) is 5.78 Å². The zero-order valence-corrected chi connectivity index (χ0v) is 9.00. The minimum absolute atomic E-state index is 0.0357. The number of carboxylic acids is 1. The smallest absolute Gasteiger partial charge is 0.336 e. The Balaban J connectivity index is 3.24. The van der Waals surface area contributed by atoms with Gasteiger partial charge >= 0.3 is 5.97 Å². The van der Waals surface area contributed by atoms with Gasteiger partial charge in [-0.1, -0.05) is 0 Å². The number of hydrogen-bond donors (Lipinski definition) is 2. The molecule has 0 aliphatic carbocycles. The Hall–Kier alpha value is -1.75. The number of benzene rings is 1. The van der Waals surface area contributed by atoms with Crippen molar-refractivity contribution in [3.63, 3.8) is 0 Å². The molecule has 1 aromatic carbocycles. The van der Waals surface area contributed by atoms with Crippen LogP contribution in [-0.2, 0) is 0 Å². The van der Waals surface area contributed by atoms with Crippen molar-refractivity contribution >= 4 is 11.8 Å². The number of carbonyl (C=O) groups is 2. The van der Waals surface area contributed by atoms with Crippen molar-refractivity contribution in [1.29, 1.82) is 0 Å².